The average molecular weight is 282 g/mol. The number of fused-ring (bicyclic) bond motifs is 1. The highest BCUT2D eigenvalue weighted by Crippen LogP contribution is 2.32. The maximum atomic E-state index is 5.70. The molecule has 0 aliphatic carbocycles. The fraction of sp³-hybridized carbons (Fsp3) is 0.182. The number of aliphatic imine (C=N–C) groups is 1. The zero-order chi connectivity index (χ0) is 11.4. The van der Waals surface area contributed by atoms with Crippen LogP contribution in [0, 0.1) is 0 Å². The molecule has 2 rings (SSSR count). The molecule has 1 heterocycles. The lowest BCUT2D eigenvalue weighted by atomic mass is 10.2. The van der Waals surface area contributed by atoms with Gasteiger partial charge in [-0.25, -0.2) is 10.8 Å². The molecule has 84 valence electrons. The first-order chi connectivity index (χ1) is 7.85. The minimum Gasteiger partial charge on any atom is -0.451 e. The van der Waals surface area contributed by atoms with E-state index >= 15 is 0 Å². The number of alkyl halides is 1. The Kier molecular flexibility index (Phi) is 3.58. The second-order valence-corrected chi connectivity index (χ2v) is 4.01. The van der Waals surface area contributed by atoms with E-state index in [1.54, 1.807) is 0 Å². The molecule has 0 radical (unpaired) electrons. The van der Waals surface area contributed by atoms with E-state index in [9.17, 15) is 0 Å². The number of hydrogen-bond acceptors (Lipinski definition) is 4. The molecule has 16 heavy (non-hydrogen) atoms. The molecule has 1 aromatic carbocycles. The van der Waals surface area contributed by atoms with Crippen LogP contribution in [0.3, 0.4) is 0 Å². The molecule has 0 atom stereocenters. The topological polar surface area (TPSA) is 59.6 Å². The van der Waals surface area contributed by atoms with Gasteiger partial charge in [0.1, 0.15) is 5.69 Å². The van der Waals surface area contributed by atoms with E-state index in [-0.39, 0.29) is 0 Å². The first-order valence-electron chi connectivity index (χ1n) is 4.94. The fourth-order valence-corrected chi connectivity index (χ4v) is 1.63. The molecule has 1 aliphatic heterocycles. The Balaban J connectivity index is 2.35. The lowest BCUT2D eigenvalue weighted by Gasteiger charge is -2.18. The Labute approximate surface area is 102 Å². The van der Waals surface area contributed by atoms with Crippen molar-refractivity contribution in [2.45, 2.75) is 6.42 Å². The Hall–Kier alpha value is -1.33. The van der Waals surface area contributed by atoms with Gasteiger partial charge in [-0.05, 0) is 24.6 Å². The number of hydrogen-bond donors (Lipinski definition) is 2. The summed E-state index contributed by atoms with van der Waals surface area (Å²) in [5.74, 6) is 7.38. The summed E-state index contributed by atoms with van der Waals surface area (Å²) in [6.45, 7) is 0. The van der Waals surface area contributed by atoms with Crippen LogP contribution in [0.25, 0.3) is 0 Å². The number of benzene rings is 1. The van der Waals surface area contributed by atoms with Crippen molar-refractivity contribution in [3.05, 3.63) is 36.1 Å². The number of rotatable bonds is 2. The van der Waals surface area contributed by atoms with Crippen LogP contribution in [0.1, 0.15) is 6.42 Å². The third-order valence-electron chi connectivity index (χ3n) is 2.13. The van der Waals surface area contributed by atoms with Crippen molar-refractivity contribution in [3.8, 4) is 5.75 Å². The van der Waals surface area contributed by atoms with Gasteiger partial charge in [0.05, 0.1) is 0 Å². The second-order valence-electron chi connectivity index (χ2n) is 3.22. The first-order valence-corrected chi connectivity index (χ1v) is 6.06. The quantitative estimate of drug-likeness (QED) is 0.497. The highest BCUT2D eigenvalue weighted by molar-refractivity contribution is 9.09. The summed E-state index contributed by atoms with van der Waals surface area (Å²) in [5.41, 5.74) is 3.33. The minimum atomic E-state index is 0.555. The number of nitrogens with two attached hydrogens (primary N) is 1. The van der Waals surface area contributed by atoms with Crippen molar-refractivity contribution in [1.82, 2.24) is 5.43 Å². The van der Waals surface area contributed by atoms with E-state index in [0.717, 1.165) is 23.2 Å². The molecule has 1 aromatic rings. The lowest BCUT2D eigenvalue weighted by molar-refractivity contribution is 0.443. The minimum absolute atomic E-state index is 0.555. The van der Waals surface area contributed by atoms with Crippen molar-refractivity contribution in [1.29, 1.82) is 0 Å². The van der Waals surface area contributed by atoms with Crippen molar-refractivity contribution < 1.29 is 4.74 Å². The Morgan fingerprint density at radius 1 is 1.44 bits per heavy atom. The zero-order valence-electron chi connectivity index (χ0n) is 8.61. The number of hydrazine groups is 1. The van der Waals surface area contributed by atoms with Crippen LogP contribution in [0.4, 0.5) is 5.69 Å². The maximum Gasteiger partial charge on any atom is 0.184 e. The highest BCUT2D eigenvalue weighted by atomic mass is 79.9. The fourth-order valence-electron chi connectivity index (χ4n) is 1.41. The number of para-hydroxylation sites is 2. The second kappa shape index (κ2) is 5.14. The van der Waals surface area contributed by atoms with Gasteiger partial charge in [-0.1, -0.05) is 28.1 Å². The van der Waals surface area contributed by atoms with E-state index in [1.165, 1.54) is 0 Å². The molecule has 0 saturated carbocycles. The molecule has 0 spiro atoms. The van der Waals surface area contributed by atoms with Crippen LogP contribution >= 0.6 is 15.9 Å². The number of nitrogens with one attached hydrogen (secondary N) is 1. The molecule has 0 saturated heterocycles. The average Bonchev–Trinajstić information content (AvgIpc) is 2.35. The monoisotopic (exact) mass is 281 g/mol. The van der Waals surface area contributed by atoms with E-state index in [1.807, 2.05) is 30.3 Å². The summed E-state index contributed by atoms with van der Waals surface area (Å²) >= 11 is 3.36. The molecular formula is C11H12BrN3O. The number of amidine groups is 1. The maximum absolute atomic E-state index is 5.70. The van der Waals surface area contributed by atoms with Gasteiger partial charge >= 0.3 is 0 Å². The van der Waals surface area contributed by atoms with Gasteiger partial charge in [-0.3, -0.25) is 0 Å². The third kappa shape index (κ3) is 2.25. The summed E-state index contributed by atoms with van der Waals surface area (Å²) in [5, 5.41) is 0.874. The standard InChI is InChI=1S/C11H12BrN3O/c12-7-3-6-10-11(15-13)14-8-4-1-2-5-9(8)16-10/h1-2,4-6H,3,7,13H2,(H,14,15)/b10-6-. The highest BCUT2D eigenvalue weighted by Gasteiger charge is 2.16. The van der Waals surface area contributed by atoms with Crippen LogP contribution in [0.15, 0.2) is 41.1 Å². The van der Waals surface area contributed by atoms with Gasteiger partial charge in [-0.15, -0.1) is 0 Å². The number of ether oxygens (including phenoxy) is 1. The van der Waals surface area contributed by atoms with E-state index in [0.29, 0.717) is 11.6 Å². The summed E-state index contributed by atoms with van der Waals surface area (Å²) < 4.78 is 5.70. The zero-order valence-corrected chi connectivity index (χ0v) is 10.2. The van der Waals surface area contributed by atoms with Crippen LogP contribution in [-0.4, -0.2) is 11.2 Å². The molecule has 0 unspecified atom stereocenters. The molecular weight excluding hydrogens is 270 g/mol. The van der Waals surface area contributed by atoms with E-state index in [2.05, 4.69) is 26.3 Å². The molecule has 4 nitrogen and oxygen atoms in total. The number of allylic oxidation sites excluding steroid dienone is 1. The van der Waals surface area contributed by atoms with Gasteiger partial charge in [-0.2, -0.15) is 0 Å². The molecule has 0 fully saturated rings. The van der Waals surface area contributed by atoms with Gasteiger partial charge in [0.2, 0.25) is 0 Å². The summed E-state index contributed by atoms with van der Waals surface area (Å²) in [6.07, 6.45) is 2.81. The predicted octanol–water partition coefficient (Wildman–Crippen LogP) is 2.24. The molecule has 0 amide bonds. The molecule has 5 heteroatoms. The largest absolute Gasteiger partial charge is 0.451 e. The van der Waals surface area contributed by atoms with Gasteiger partial charge in [0, 0.05) is 5.33 Å². The normalized spacial score (nSPS) is 16.4. The van der Waals surface area contributed by atoms with Gasteiger partial charge < -0.3 is 10.2 Å². The summed E-state index contributed by atoms with van der Waals surface area (Å²) in [7, 11) is 0. The van der Waals surface area contributed by atoms with Crippen LogP contribution < -0.4 is 16.0 Å². The third-order valence-corrected chi connectivity index (χ3v) is 2.58. The van der Waals surface area contributed by atoms with E-state index in [4.69, 9.17) is 10.6 Å². The number of nitrogens with zero attached hydrogens (tertiary/aromatic N) is 1. The lowest BCUT2D eigenvalue weighted by Crippen LogP contribution is -2.34. The van der Waals surface area contributed by atoms with Crippen molar-refractivity contribution >= 4 is 27.5 Å². The van der Waals surface area contributed by atoms with Crippen LogP contribution in [0.2, 0.25) is 0 Å². The summed E-state index contributed by atoms with van der Waals surface area (Å²) in [4.78, 5) is 4.37. The van der Waals surface area contributed by atoms with Crippen molar-refractivity contribution in [3.63, 3.8) is 0 Å². The molecule has 0 aromatic heterocycles. The number of halogens is 1. The van der Waals surface area contributed by atoms with Gasteiger partial charge in [0.15, 0.2) is 17.3 Å². The Morgan fingerprint density at radius 2 is 2.25 bits per heavy atom. The predicted molar refractivity (Wildman–Crippen MR) is 68.0 cm³/mol. The van der Waals surface area contributed by atoms with Crippen LogP contribution in [-0.2, 0) is 0 Å². The van der Waals surface area contributed by atoms with Crippen molar-refractivity contribution in [2.75, 3.05) is 5.33 Å². The molecule has 0 bridgehead atoms. The Bertz CT molecular complexity index is 443. The molecule has 3 N–H and O–H groups in total. The van der Waals surface area contributed by atoms with E-state index < -0.39 is 0 Å². The molecule has 1 aliphatic rings. The first kappa shape index (κ1) is 11.2. The van der Waals surface area contributed by atoms with Crippen molar-refractivity contribution in [2.24, 2.45) is 10.8 Å². The van der Waals surface area contributed by atoms with Crippen LogP contribution in [0.5, 0.6) is 5.75 Å². The SMILES string of the molecule is NNC1=Nc2ccccc2O/C1=C\CCBr. The Morgan fingerprint density at radius 3 is 3.00 bits per heavy atom. The smallest absolute Gasteiger partial charge is 0.184 e. The van der Waals surface area contributed by atoms with Gasteiger partial charge in [0.25, 0.3) is 0 Å². The summed E-state index contributed by atoms with van der Waals surface area (Å²) in [6, 6.07) is 7.59.